The summed E-state index contributed by atoms with van der Waals surface area (Å²) in [6.45, 7) is 5.95. The van der Waals surface area contributed by atoms with E-state index in [0.29, 0.717) is 32.0 Å². The molecule has 0 saturated carbocycles. The van der Waals surface area contributed by atoms with Gasteiger partial charge in [0.05, 0.1) is 25.9 Å². The van der Waals surface area contributed by atoms with E-state index in [0.717, 1.165) is 18.4 Å². The maximum Gasteiger partial charge on any atom is 0.338 e. The van der Waals surface area contributed by atoms with E-state index in [-0.39, 0.29) is 5.97 Å². The second kappa shape index (κ2) is 10.2. The monoisotopic (exact) mass is 278 g/mol. The van der Waals surface area contributed by atoms with Gasteiger partial charge in [0.15, 0.2) is 0 Å². The number of ether oxygens (including phenoxy) is 3. The van der Waals surface area contributed by atoms with Crippen LogP contribution in [0.3, 0.4) is 0 Å². The summed E-state index contributed by atoms with van der Waals surface area (Å²) >= 11 is 0. The summed E-state index contributed by atoms with van der Waals surface area (Å²) in [5.41, 5.74) is 1.41. The fourth-order valence-corrected chi connectivity index (χ4v) is 1.71. The number of carbonyl (C=O) groups excluding carboxylic acids is 1. The lowest BCUT2D eigenvalue weighted by Gasteiger charge is -2.08. The van der Waals surface area contributed by atoms with Gasteiger partial charge in [0.2, 0.25) is 0 Å². The first kappa shape index (κ1) is 16.4. The quantitative estimate of drug-likeness (QED) is 0.375. The van der Waals surface area contributed by atoms with Crippen LogP contribution in [0.25, 0.3) is 0 Å². The molecule has 0 aromatic heterocycles. The number of benzene rings is 1. The van der Waals surface area contributed by atoms with Gasteiger partial charge in [0.1, 0.15) is 0 Å². The van der Waals surface area contributed by atoms with Gasteiger partial charge in [-0.25, -0.2) is 4.79 Å². The van der Waals surface area contributed by atoms with Crippen LogP contribution >= 0.6 is 0 Å². The highest BCUT2D eigenvalue weighted by Crippen LogP contribution is 2.11. The van der Waals surface area contributed by atoms with Crippen molar-refractivity contribution in [2.24, 2.45) is 0 Å². The van der Waals surface area contributed by atoms with Gasteiger partial charge in [-0.05, 0) is 24.5 Å². The summed E-state index contributed by atoms with van der Waals surface area (Å²) in [6.07, 6.45) is 3.62. The highest BCUT2D eigenvalue weighted by atomic mass is 16.5. The zero-order valence-electron chi connectivity index (χ0n) is 12.0. The first-order valence-electron chi connectivity index (χ1n) is 6.72. The molecule has 4 nitrogen and oxygen atoms in total. The van der Waals surface area contributed by atoms with E-state index in [1.54, 1.807) is 12.1 Å². The van der Waals surface area contributed by atoms with Gasteiger partial charge in [0.25, 0.3) is 0 Å². The van der Waals surface area contributed by atoms with Crippen LogP contribution < -0.4 is 0 Å². The fourth-order valence-electron chi connectivity index (χ4n) is 1.71. The Bertz CT molecular complexity index is 415. The molecular formula is C16H22O4. The van der Waals surface area contributed by atoms with E-state index in [1.807, 2.05) is 18.2 Å². The third-order valence-corrected chi connectivity index (χ3v) is 2.74. The average molecular weight is 278 g/mol. The van der Waals surface area contributed by atoms with Crippen molar-refractivity contribution in [3.63, 3.8) is 0 Å². The molecule has 0 aliphatic heterocycles. The van der Waals surface area contributed by atoms with E-state index in [9.17, 15) is 4.79 Å². The highest BCUT2D eigenvalue weighted by molar-refractivity contribution is 5.90. The largest absolute Gasteiger partial charge is 0.465 e. The van der Waals surface area contributed by atoms with Crippen LogP contribution in [0, 0.1) is 0 Å². The molecule has 0 spiro atoms. The minimum absolute atomic E-state index is 0.331. The summed E-state index contributed by atoms with van der Waals surface area (Å²) in [5, 5.41) is 0. The van der Waals surface area contributed by atoms with Gasteiger partial charge in [-0.1, -0.05) is 24.3 Å². The van der Waals surface area contributed by atoms with Crippen LogP contribution in [0.1, 0.15) is 28.8 Å². The average Bonchev–Trinajstić information content (AvgIpc) is 2.49. The molecule has 0 aliphatic carbocycles. The Hall–Kier alpha value is -1.65. The van der Waals surface area contributed by atoms with E-state index >= 15 is 0 Å². The van der Waals surface area contributed by atoms with Gasteiger partial charge >= 0.3 is 5.97 Å². The molecule has 0 unspecified atom stereocenters. The van der Waals surface area contributed by atoms with Gasteiger partial charge in [-0.2, -0.15) is 0 Å². The fraction of sp³-hybridized carbons (Fsp3) is 0.438. The minimum Gasteiger partial charge on any atom is -0.465 e. The topological polar surface area (TPSA) is 44.8 Å². The lowest BCUT2D eigenvalue weighted by Crippen LogP contribution is -2.07. The van der Waals surface area contributed by atoms with Crippen molar-refractivity contribution in [3.8, 4) is 0 Å². The Morgan fingerprint density at radius 2 is 1.90 bits per heavy atom. The zero-order valence-corrected chi connectivity index (χ0v) is 12.0. The number of hydrogen-bond acceptors (Lipinski definition) is 4. The van der Waals surface area contributed by atoms with Crippen LogP contribution in [0.5, 0.6) is 0 Å². The van der Waals surface area contributed by atoms with E-state index in [2.05, 4.69) is 6.58 Å². The standard InChI is InChI=1S/C16H22O4/c1-3-10-19-11-6-7-12-20-13-14-8-4-5-9-15(14)16(17)18-2/h3-5,8-9H,1,6-7,10-13H2,2H3. The lowest BCUT2D eigenvalue weighted by molar-refractivity contribution is 0.0591. The van der Waals surface area contributed by atoms with Gasteiger partial charge in [-0.15, -0.1) is 6.58 Å². The van der Waals surface area contributed by atoms with E-state index < -0.39 is 0 Å². The molecule has 1 aromatic rings. The van der Waals surface area contributed by atoms with Crippen LogP contribution in [0.2, 0.25) is 0 Å². The van der Waals surface area contributed by atoms with Crippen molar-refractivity contribution < 1.29 is 19.0 Å². The molecule has 0 fully saturated rings. The molecule has 4 heteroatoms. The summed E-state index contributed by atoms with van der Waals surface area (Å²) in [6, 6.07) is 7.31. The third kappa shape index (κ3) is 5.99. The molecule has 1 rings (SSSR count). The molecule has 110 valence electrons. The summed E-state index contributed by atoms with van der Waals surface area (Å²) < 4.78 is 15.6. The second-order valence-corrected chi connectivity index (χ2v) is 4.27. The van der Waals surface area contributed by atoms with Gasteiger partial charge in [-0.3, -0.25) is 0 Å². The third-order valence-electron chi connectivity index (χ3n) is 2.74. The zero-order chi connectivity index (χ0) is 14.6. The predicted octanol–water partition coefficient (Wildman–Crippen LogP) is 2.97. The van der Waals surface area contributed by atoms with Crippen LogP contribution in [0.15, 0.2) is 36.9 Å². The molecule has 0 N–H and O–H groups in total. The van der Waals surface area contributed by atoms with Crippen LogP contribution in [-0.4, -0.2) is 32.9 Å². The maximum absolute atomic E-state index is 11.6. The van der Waals surface area contributed by atoms with Crippen molar-refractivity contribution in [3.05, 3.63) is 48.0 Å². The van der Waals surface area contributed by atoms with Crippen LogP contribution in [0.4, 0.5) is 0 Å². The summed E-state index contributed by atoms with van der Waals surface area (Å²) in [7, 11) is 1.38. The van der Waals surface area contributed by atoms with Gasteiger partial charge < -0.3 is 14.2 Å². The molecule has 20 heavy (non-hydrogen) atoms. The van der Waals surface area contributed by atoms with Crippen LogP contribution in [-0.2, 0) is 20.8 Å². The highest BCUT2D eigenvalue weighted by Gasteiger charge is 2.10. The molecule has 0 saturated heterocycles. The van der Waals surface area contributed by atoms with Crippen molar-refractivity contribution in [2.45, 2.75) is 19.4 Å². The number of rotatable bonds is 10. The Labute approximate surface area is 120 Å². The smallest absolute Gasteiger partial charge is 0.338 e. The lowest BCUT2D eigenvalue weighted by atomic mass is 10.1. The molecule has 0 amide bonds. The molecule has 0 heterocycles. The maximum atomic E-state index is 11.6. The second-order valence-electron chi connectivity index (χ2n) is 4.27. The molecule has 0 atom stereocenters. The molecule has 0 bridgehead atoms. The first-order valence-corrected chi connectivity index (χ1v) is 6.72. The number of hydrogen-bond donors (Lipinski definition) is 0. The van der Waals surface area contributed by atoms with E-state index in [4.69, 9.17) is 14.2 Å². The Morgan fingerprint density at radius 3 is 2.60 bits per heavy atom. The first-order chi connectivity index (χ1) is 9.79. The predicted molar refractivity (Wildman–Crippen MR) is 77.7 cm³/mol. The number of methoxy groups -OCH3 is 1. The summed E-state index contributed by atoms with van der Waals surface area (Å²) in [5.74, 6) is -0.331. The van der Waals surface area contributed by atoms with Gasteiger partial charge in [0, 0.05) is 13.2 Å². The Kier molecular flexibility index (Phi) is 8.35. The summed E-state index contributed by atoms with van der Waals surface area (Å²) in [4.78, 5) is 11.6. The Morgan fingerprint density at radius 1 is 1.20 bits per heavy atom. The van der Waals surface area contributed by atoms with Crippen molar-refractivity contribution in [1.82, 2.24) is 0 Å². The normalized spacial score (nSPS) is 10.2. The number of carbonyl (C=O) groups is 1. The molecular weight excluding hydrogens is 256 g/mol. The van der Waals surface area contributed by atoms with Crippen molar-refractivity contribution in [1.29, 1.82) is 0 Å². The van der Waals surface area contributed by atoms with Crippen molar-refractivity contribution >= 4 is 5.97 Å². The molecule has 0 aliphatic rings. The van der Waals surface area contributed by atoms with E-state index in [1.165, 1.54) is 7.11 Å². The van der Waals surface area contributed by atoms with Crippen molar-refractivity contribution in [2.75, 3.05) is 26.9 Å². The SMILES string of the molecule is C=CCOCCCCOCc1ccccc1C(=O)OC. The number of unbranched alkanes of at least 4 members (excludes halogenated alkanes) is 1. The molecule has 1 aromatic carbocycles. The minimum atomic E-state index is -0.331. The Balaban J connectivity index is 2.25. The molecule has 0 radical (unpaired) electrons. The number of esters is 1.